The van der Waals surface area contributed by atoms with E-state index in [2.05, 4.69) is 36.5 Å². The Hall–Kier alpha value is -2.34. The smallest absolute Gasteiger partial charge is 0.275 e. The molecule has 1 aromatic carbocycles. The van der Waals surface area contributed by atoms with Crippen LogP contribution in [-0.2, 0) is 0 Å². The van der Waals surface area contributed by atoms with Crippen molar-refractivity contribution in [2.75, 3.05) is 26.2 Å². The number of ether oxygens (including phenoxy) is 1. The second kappa shape index (κ2) is 8.57. The molecule has 1 aliphatic rings. The fourth-order valence-corrected chi connectivity index (χ4v) is 3.17. The average molecular weight is 370 g/mol. The van der Waals surface area contributed by atoms with Crippen molar-refractivity contribution in [3.05, 3.63) is 42.2 Å². The first-order chi connectivity index (χ1) is 13.0. The number of hydrogen-bond acceptors (Lipinski definition) is 4. The molecule has 1 saturated heterocycles. The van der Waals surface area contributed by atoms with Crippen LogP contribution in [0, 0.1) is 11.3 Å². The van der Waals surface area contributed by atoms with Crippen LogP contribution >= 0.6 is 0 Å². The van der Waals surface area contributed by atoms with Gasteiger partial charge in [0.05, 0.1) is 18.5 Å². The monoisotopic (exact) mass is 370 g/mol. The first-order valence-electron chi connectivity index (χ1n) is 9.74. The lowest BCUT2D eigenvalue weighted by atomic mass is 9.81. The highest BCUT2D eigenvalue weighted by Crippen LogP contribution is 2.27. The van der Waals surface area contributed by atoms with Gasteiger partial charge in [-0.15, -0.1) is 0 Å². The number of amides is 1. The summed E-state index contributed by atoms with van der Waals surface area (Å²) in [6.45, 7) is 9.58. The van der Waals surface area contributed by atoms with E-state index in [9.17, 15) is 4.79 Å². The van der Waals surface area contributed by atoms with Crippen molar-refractivity contribution in [1.29, 1.82) is 0 Å². The van der Waals surface area contributed by atoms with E-state index >= 15 is 0 Å². The molecule has 0 aliphatic carbocycles. The fourth-order valence-electron chi connectivity index (χ4n) is 3.17. The molecule has 0 unspecified atom stereocenters. The number of nitrogens with zero attached hydrogens (tertiary/aromatic N) is 2. The third-order valence-corrected chi connectivity index (χ3v) is 4.98. The second-order valence-corrected chi connectivity index (χ2v) is 8.07. The molecule has 146 valence electrons. The highest BCUT2D eigenvalue weighted by atomic mass is 16.5. The summed E-state index contributed by atoms with van der Waals surface area (Å²) in [6, 6.07) is 9.76. The van der Waals surface area contributed by atoms with Gasteiger partial charge >= 0.3 is 0 Å². The molecule has 1 fully saturated rings. The van der Waals surface area contributed by atoms with Crippen molar-refractivity contribution < 1.29 is 9.53 Å². The van der Waals surface area contributed by atoms with Gasteiger partial charge < -0.3 is 15.4 Å². The lowest BCUT2D eigenvalue weighted by molar-refractivity contribution is 0.0912. The number of carbonyl (C=O) groups excluding carboxylic acids is 1. The van der Waals surface area contributed by atoms with Gasteiger partial charge in [0, 0.05) is 6.54 Å². The van der Waals surface area contributed by atoms with Crippen LogP contribution in [0.5, 0.6) is 5.75 Å². The highest BCUT2D eigenvalue weighted by Gasteiger charge is 2.28. The maximum atomic E-state index is 12.9. The first-order valence-corrected chi connectivity index (χ1v) is 9.74. The molecule has 0 bridgehead atoms. The molecule has 0 radical (unpaired) electrons. The van der Waals surface area contributed by atoms with E-state index in [0.29, 0.717) is 30.5 Å². The largest absolute Gasteiger partial charge is 0.489 e. The zero-order chi connectivity index (χ0) is 19.3. The van der Waals surface area contributed by atoms with Gasteiger partial charge in [-0.2, -0.15) is 5.10 Å². The fraction of sp³-hybridized carbons (Fsp3) is 0.524. The normalized spacial score (nSPS) is 16.3. The van der Waals surface area contributed by atoms with E-state index in [-0.39, 0.29) is 11.3 Å². The van der Waals surface area contributed by atoms with Gasteiger partial charge in [-0.25, -0.2) is 4.68 Å². The molecular formula is C21H30N4O2. The summed E-state index contributed by atoms with van der Waals surface area (Å²) in [4.78, 5) is 12.9. The Labute approximate surface area is 161 Å². The number of piperidine rings is 1. The Balaban J connectivity index is 1.76. The predicted octanol–water partition coefficient (Wildman–Crippen LogP) is 3.03. The van der Waals surface area contributed by atoms with Crippen LogP contribution in [-0.4, -0.2) is 41.9 Å². The van der Waals surface area contributed by atoms with Crippen LogP contribution in [0.3, 0.4) is 0 Å². The minimum atomic E-state index is -0.178. The van der Waals surface area contributed by atoms with Crippen LogP contribution in [0.25, 0.3) is 5.69 Å². The minimum Gasteiger partial charge on any atom is -0.489 e. The Morgan fingerprint density at radius 2 is 2.00 bits per heavy atom. The molecule has 27 heavy (non-hydrogen) atoms. The van der Waals surface area contributed by atoms with Crippen LogP contribution in [0.1, 0.15) is 44.1 Å². The number of hydrogen-bond donors (Lipinski definition) is 2. The third-order valence-electron chi connectivity index (χ3n) is 4.98. The predicted molar refractivity (Wildman–Crippen MR) is 106 cm³/mol. The summed E-state index contributed by atoms with van der Waals surface area (Å²) < 4.78 is 7.59. The molecular weight excluding hydrogens is 340 g/mol. The molecule has 6 heteroatoms. The number of carbonyl (C=O) groups is 1. The topological polar surface area (TPSA) is 68.2 Å². The van der Waals surface area contributed by atoms with E-state index < -0.39 is 0 Å². The summed E-state index contributed by atoms with van der Waals surface area (Å²) >= 11 is 0. The third kappa shape index (κ3) is 5.10. The number of benzene rings is 1. The maximum absolute atomic E-state index is 12.9. The van der Waals surface area contributed by atoms with Crippen molar-refractivity contribution >= 4 is 5.91 Å². The summed E-state index contributed by atoms with van der Waals surface area (Å²) in [5.41, 5.74) is 1.37. The quantitative estimate of drug-likeness (QED) is 0.786. The van der Waals surface area contributed by atoms with Gasteiger partial charge in [-0.05, 0) is 49.4 Å². The van der Waals surface area contributed by atoms with Crippen LogP contribution < -0.4 is 15.4 Å². The number of aromatic nitrogens is 2. The molecule has 1 aliphatic heterocycles. The molecule has 6 nitrogen and oxygen atoms in total. The molecule has 0 saturated carbocycles. The van der Waals surface area contributed by atoms with E-state index in [1.165, 1.54) is 0 Å². The van der Waals surface area contributed by atoms with Gasteiger partial charge in [0.1, 0.15) is 0 Å². The van der Waals surface area contributed by atoms with E-state index in [0.717, 1.165) is 31.6 Å². The average Bonchev–Trinajstić information content (AvgIpc) is 3.10. The summed E-state index contributed by atoms with van der Waals surface area (Å²) in [7, 11) is 0. The highest BCUT2D eigenvalue weighted by molar-refractivity contribution is 5.95. The molecule has 1 aromatic heterocycles. The van der Waals surface area contributed by atoms with E-state index in [1.807, 2.05) is 30.3 Å². The summed E-state index contributed by atoms with van der Waals surface area (Å²) in [6.07, 6.45) is 3.91. The van der Waals surface area contributed by atoms with E-state index in [4.69, 9.17) is 4.74 Å². The van der Waals surface area contributed by atoms with Crippen LogP contribution in [0.2, 0.25) is 0 Å². The number of para-hydroxylation sites is 1. The molecule has 2 heterocycles. The lowest BCUT2D eigenvalue weighted by Crippen LogP contribution is -2.43. The van der Waals surface area contributed by atoms with E-state index in [1.54, 1.807) is 10.9 Å². The molecule has 0 atom stereocenters. The summed E-state index contributed by atoms with van der Waals surface area (Å²) in [5.74, 6) is 0.721. The standard InChI is InChI=1S/C21H30N4O2/c1-16(2)14-27-18-13-25(17-7-5-4-6-8-17)24-19(18)20(26)23-15-21(3)9-11-22-12-10-21/h4-8,13,16,22H,9-12,14-15H2,1-3H3,(H,23,26). The first kappa shape index (κ1) is 19.4. The Morgan fingerprint density at radius 3 is 2.67 bits per heavy atom. The number of rotatable bonds is 7. The SMILES string of the molecule is CC(C)COc1cn(-c2ccccc2)nc1C(=O)NCC1(C)CCNCC1. The maximum Gasteiger partial charge on any atom is 0.275 e. The van der Waals surface area contributed by atoms with Gasteiger partial charge in [0.15, 0.2) is 11.4 Å². The molecule has 0 spiro atoms. The Morgan fingerprint density at radius 1 is 1.30 bits per heavy atom. The minimum absolute atomic E-state index is 0.127. The van der Waals surface area contributed by atoms with Crippen molar-refractivity contribution in [2.45, 2.75) is 33.6 Å². The van der Waals surface area contributed by atoms with Crippen molar-refractivity contribution in [1.82, 2.24) is 20.4 Å². The Kier molecular flexibility index (Phi) is 6.16. The Bertz CT molecular complexity index is 749. The van der Waals surface area contributed by atoms with Gasteiger partial charge in [-0.3, -0.25) is 4.79 Å². The summed E-state index contributed by atoms with van der Waals surface area (Å²) in [5, 5.41) is 11.0. The molecule has 2 aromatic rings. The van der Waals surface area contributed by atoms with Crippen molar-refractivity contribution in [2.24, 2.45) is 11.3 Å². The van der Waals surface area contributed by atoms with Gasteiger partial charge in [-0.1, -0.05) is 39.0 Å². The van der Waals surface area contributed by atoms with Crippen LogP contribution in [0.15, 0.2) is 36.5 Å². The number of nitrogens with one attached hydrogen (secondary N) is 2. The molecule has 3 rings (SSSR count). The van der Waals surface area contributed by atoms with Crippen molar-refractivity contribution in [3.8, 4) is 11.4 Å². The van der Waals surface area contributed by atoms with Gasteiger partial charge in [0.25, 0.3) is 5.91 Å². The molecule has 1 amide bonds. The zero-order valence-corrected chi connectivity index (χ0v) is 16.5. The molecule has 2 N–H and O–H groups in total. The zero-order valence-electron chi connectivity index (χ0n) is 16.5. The van der Waals surface area contributed by atoms with Gasteiger partial charge in [0.2, 0.25) is 0 Å². The van der Waals surface area contributed by atoms with Crippen LogP contribution in [0.4, 0.5) is 0 Å². The second-order valence-electron chi connectivity index (χ2n) is 8.07. The lowest BCUT2D eigenvalue weighted by Gasteiger charge is -2.34. The van der Waals surface area contributed by atoms with Crippen molar-refractivity contribution in [3.63, 3.8) is 0 Å².